The fraction of sp³-hybridized carbons (Fsp3) is 0.667. The number of ether oxygens (including phenoxy) is 4. The van der Waals surface area contributed by atoms with E-state index in [1.54, 1.807) is 6.92 Å². The second-order valence-electron chi connectivity index (χ2n) is 5.23. The molecule has 0 aromatic rings. The van der Waals surface area contributed by atoms with E-state index in [1.807, 2.05) is 0 Å². The van der Waals surface area contributed by atoms with Crippen LogP contribution in [0.5, 0.6) is 0 Å². The largest absolute Gasteiger partial charge is 0.480 e. The van der Waals surface area contributed by atoms with Crippen LogP contribution in [0.2, 0.25) is 0 Å². The Hall–Kier alpha value is -2.09. The van der Waals surface area contributed by atoms with E-state index in [0.717, 1.165) is 0 Å². The van der Waals surface area contributed by atoms with Gasteiger partial charge in [-0.25, -0.2) is 4.79 Å². The molecule has 0 bridgehead atoms. The van der Waals surface area contributed by atoms with Crippen LogP contribution in [-0.4, -0.2) is 55.0 Å². The van der Waals surface area contributed by atoms with E-state index in [2.05, 4.69) is 4.74 Å². The van der Waals surface area contributed by atoms with Gasteiger partial charge in [-0.15, -0.1) is 0 Å². The Morgan fingerprint density at radius 3 is 2.48 bits per heavy atom. The molecule has 1 aliphatic rings. The van der Waals surface area contributed by atoms with Crippen molar-refractivity contribution in [3.63, 3.8) is 0 Å². The number of aliphatic hydroxyl groups is 1. The number of hydrogen-bond acceptors (Lipinski definition) is 8. The van der Waals surface area contributed by atoms with Gasteiger partial charge in [-0.2, -0.15) is 0 Å². The number of methoxy groups -OCH3 is 1. The first-order valence-corrected chi connectivity index (χ1v) is 7.21. The molecule has 0 radical (unpaired) electrons. The quantitative estimate of drug-likeness (QED) is 0.548. The van der Waals surface area contributed by atoms with Crippen LogP contribution >= 0.6 is 0 Å². The highest BCUT2D eigenvalue weighted by molar-refractivity contribution is 5.86. The Balaban J connectivity index is 2.85. The average molecular weight is 330 g/mol. The molecule has 0 aromatic carbocycles. The van der Waals surface area contributed by atoms with Crippen LogP contribution in [0.4, 0.5) is 0 Å². The minimum atomic E-state index is -1.02. The summed E-state index contributed by atoms with van der Waals surface area (Å²) in [5.41, 5.74) is 0. The first-order chi connectivity index (χ1) is 10.8. The van der Waals surface area contributed by atoms with E-state index in [-0.39, 0.29) is 18.8 Å². The molecule has 4 atom stereocenters. The fourth-order valence-corrected chi connectivity index (χ4v) is 2.25. The van der Waals surface area contributed by atoms with Crippen molar-refractivity contribution in [3.05, 3.63) is 11.8 Å². The molecule has 1 N–H and O–H groups in total. The van der Waals surface area contributed by atoms with Gasteiger partial charge in [0.05, 0.1) is 19.8 Å². The van der Waals surface area contributed by atoms with Crippen LogP contribution in [0.3, 0.4) is 0 Å². The molecule has 0 amide bonds. The first kappa shape index (κ1) is 19.0. The van der Waals surface area contributed by atoms with E-state index >= 15 is 0 Å². The van der Waals surface area contributed by atoms with Gasteiger partial charge in [-0.3, -0.25) is 9.59 Å². The summed E-state index contributed by atoms with van der Waals surface area (Å²) in [4.78, 5) is 33.6. The lowest BCUT2D eigenvalue weighted by Crippen LogP contribution is -2.45. The van der Waals surface area contributed by atoms with E-state index in [9.17, 15) is 19.5 Å². The molecule has 0 saturated heterocycles. The molecule has 23 heavy (non-hydrogen) atoms. The lowest BCUT2D eigenvalue weighted by molar-refractivity contribution is -0.160. The summed E-state index contributed by atoms with van der Waals surface area (Å²) >= 11 is 0. The summed E-state index contributed by atoms with van der Waals surface area (Å²) in [6.07, 6.45) is -1.09. The normalized spacial score (nSPS) is 24.7. The van der Waals surface area contributed by atoms with Crippen LogP contribution in [0.25, 0.3) is 0 Å². The second-order valence-corrected chi connectivity index (χ2v) is 5.23. The fourth-order valence-electron chi connectivity index (χ4n) is 2.25. The molecule has 1 heterocycles. The van der Waals surface area contributed by atoms with Gasteiger partial charge in [0, 0.05) is 32.3 Å². The first-order valence-electron chi connectivity index (χ1n) is 7.21. The molecule has 1 unspecified atom stereocenters. The number of rotatable bonds is 6. The number of carbonyl (C=O) groups is 3. The Morgan fingerprint density at radius 1 is 1.30 bits per heavy atom. The summed E-state index contributed by atoms with van der Waals surface area (Å²) in [5, 5.41) is 10.2. The zero-order chi connectivity index (χ0) is 17.6. The third kappa shape index (κ3) is 5.55. The molecule has 0 aliphatic carbocycles. The zero-order valence-corrected chi connectivity index (χ0v) is 13.6. The minimum Gasteiger partial charge on any atom is -0.480 e. The highest BCUT2D eigenvalue weighted by Gasteiger charge is 2.39. The van der Waals surface area contributed by atoms with Crippen LogP contribution in [-0.2, 0) is 33.3 Å². The molecular weight excluding hydrogens is 308 g/mol. The maximum absolute atomic E-state index is 11.7. The Kier molecular flexibility index (Phi) is 7.02. The third-order valence-corrected chi connectivity index (χ3v) is 3.40. The molecule has 8 heteroatoms. The summed E-state index contributed by atoms with van der Waals surface area (Å²) in [6, 6.07) is 0. The molecule has 1 aliphatic heterocycles. The summed E-state index contributed by atoms with van der Waals surface area (Å²) in [6.45, 7) is 4.25. The lowest BCUT2D eigenvalue weighted by atomic mass is 9.90. The summed E-state index contributed by atoms with van der Waals surface area (Å²) in [7, 11) is 1.19. The van der Waals surface area contributed by atoms with Gasteiger partial charge < -0.3 is 24.1 Å². The van der Waals surface area contributed by atoms with Gasteiger partial charge in [0.1, 0.15) is 12.2 Å². The highest BCUT2D eigenvalue weighted by atomic mass is 16.6. The minimum absolute atomic E-state index is 0.0125. The molecule has 8 nitrogen and oxygen atoms in total. The SMILES string of the molecule is COC(=O)C1=C[C@H](OC(C)=O)[C@@H](C)C([C@H](O)CCOC(C)=O)O1. The molecule has 130 valence electrons. The molecule has 0 aromatic heterocycles. The maximum Gasteiger partial charge on any atom is 0.373 e. The van der Waals surface area contributed by atoms with Crippen LogP contribution in [0, 0.1) is 5.92 Å². The van der Waals surface area contributed by atoms with Crippen molar-refractivity contribution in [1.29, 1.82) is 0 Å². The number of hydrogen-bond donors (Lipinski definition) is 1. The van der Waals surface area contributed by atoms with Gasteiger partial charge in [0.15, 0.2) is 0 Å². The topological polar surface area (TPSA) is 108 Å². The van der Waals surface area contributed by atoms with E-state index < -0.39 is 42.1 Å². The Morgan fingerprint density at radius 2 is 1.96 bits per heavy atom. The van der Waals surface area contributed by atoms with E-state index in [1.165, 1.54) is 27.0 Å². The van der Waals surface area contributed by atoms with Crippen LogP contribution in [0.1, 0.15) is 27.2 Å². The van der Waals surface area contributed by atoms with Crippen molar-refractivity contribution < 1.29 is 38.4 Å². The number of carbonyl (C=O) groups excluding carboxylic acids is 3. The van der Waals surface area contributed by atoms with Crippen molar-refractivity contribution in [1.82, 2.24) is 0 Å². The molecular formula is C15H22O8. The van der Waals surface area contributed by atoms with Crippen LogP contribution < -0.4 is 0 Å². The van der Waals surface area contributed by atoms with Gasteiger partial charge in [-0.1, -0.05) is 6.92 Å². The molecule has 1 rings (SSSR count). The smallest absolute Gasteiger partial charge is 0.373 e. The van der Waals surface area contributed by atoms with Crippen molar-refractivity contribution >= 4 is 17.9 Å². The number of esters is 3. The van der Waals surface area contributed by atoms with Crippen LogP contribution in [0.15, 0.2) is 11.8 Å². The van der Waals surface area contributed by atoms with Crippen molar-refractivity contribution in [2.75, 3.05) is 13.7 Å². The van der Waals surface area contributed by atoms with Crippen molar-refractivity contribution in [3.8, 4) is 0 Å². The standard InChI is InChI=1S/C15H22O8/c1-8-12(22-10(3)17)7-13(15(19)20-4)23-14(8)11(18)5-6-21-9(2)16/h7-8,11-12,14,18H,5-6H2,1-4H3/t8-,11-,12+,14?/m1/s1. The lowest BCUT2D eigenvalue weighted by Gasteiger charge is -2.36. The molecule has 0 saturated carbocycles. The van der Waals surface area contributed by atoms with Gasteiger partial charge >= 0.3 is 17.9 Å². The Bertz CT molecular complexity index is 484. The Labute approximate surface area is 134 Å². The average Bonchev–Trinajstić information content (AvgIpc) is 2.47. The van der Waals surface area contributed by atoms with Gasteiger partial charge in [0.25, 0.3) is 0 Å². The second kappa shape index (κ2) is 8.52. The maximum atomic E-state index is 11.7. The predicted molar refractivity (Wildman–Crippen MR) is 76.9 cm³/mol. The van der Waals surface area contributed by atoms with Crippen molar-refractivity contribution in [2.24, 2.45) is 5.92 Å². The summed E-state index contributed by atoms with van der Waals surface area (Å²) in [5.74, 6) is -2.24. The van der Waals surface area contributed by atoms with E-state index in [4.69, 9.17) is 14.2 Å². The van der Waals surface area contributed by atoms with Gasteiger partial charge in [0.2, 0.25) is 5.76 Å². The number of aliphatic hydroxyl groups excluding tert-OH is 1. The highest BCUT2D eigenvalue weighted by Crippen LogP contribution is 2.29. The zero-order valence-electron chi connectivity index (χ0n) is 13.6. The van der Waals surface area contributed by atoms with Gasteiger partial charge in [-0.05, 0) is 0 Å². The molecule has 0 fully saturated rings. The summed E-state index contributed by atoms with van der Waals surface area (Å²) < 4.78 is 20.0. The third-order valence-electron chi connectivity index (χ3n) is 3.40. The monoisotopic (exact) mass is 330 g/mol. The molecule has 0 spiro atoms. The predicted octanol–water partition coefficient (Wildman–Crippen LogP) is 0.324. The van der Waals surface area contributed by atoms with Crippen molar-refractivity contribution in [2.45, 2.75) is 45.5 Å². The van der Waals surface area contributed by atoms with E-state index in [0.29, 0.717) is 0 Å².